The van der Waals surface area contributed by atoms with Crippen LogP contribution in [-0.2, 0) is 6.54 Å². The molecule has 0 aliphatic carbocycles. The molecule has 2 aromatic rings. The average Bonchev–Trinajstić information content (AvgIpc) is 2.94. The molecule has 7 heteroatoms. The molecule has 2 N–H and O–H groups in total. The van der Waals surface area contributed by atoms with Crippen molar-refractivity contribution in [2.75, 3.05) is 6.54 Å². The van der Waals surface area contributed by atoms with Gasteiger partial charge in [0.25, 0.3) is 17.7 Å². The van der Waals surface area contributed by atoms with Crippen LogP contribution in [0.3, 0.4) is 0 Å². The third-order valence-electron chi connectivity index (χ3n) is 4.82. The van der Waals surface area contributed by atoms with E-state index in [9.17, 15) is 19.2 Å². The van der Waals surface area contributed by atoms with Gasteiger partial charge in [-0.2, -0.15) is 0 Å². The number of nitrogens with zero attached hydrogens (tertiary/aromatic N) is 1. The topological polar surface area (TPSA) is 104 Å². The average molecular weight is 394 g/mol. The fourth-order valence-electron chi connectivity index (χ4n) is 3.07. The fraction of sp³-hybridized carbons (Fsp3) is 0.273. The minimum atomic E-state index is -1.01. The molecule has 29 heavy (non-hydrogen) atoms. The van der Waals surface area contributed by atoms with Crippen LogP contribution >= 0.6 is 0 Å². The molecular formula is C22H22N2O5. The molecule has 0 fully saturated rings. The Bertz CT molecular complexity index is 979. The number of fused-ring (bicyclic) bond motifs is 1. The van der Waals surface area contributed by atoms with Crippen LogP contribution in [0.5, 0.6) is 0 Å². The first-order chi connectivity index (χ1) is 13.8. The van der Waals surface area contributed by atoms with Crippen molar-refractivity contribution in [2.45, 2.75) is 26.8 Å². The van der Waals surface area contributed by atoms with E-state index < -0.39 is 5.97 Å². The van der Waals surface area contributed by atoms with Crippen LogP contribution in [0.15, 0.2) is 42.5 Å². The zero-order valence-electron chi connectivity index (χ0n) is 16.3. The molecule has 1 heterocycles. The van der Waals surface area contributed by atoms with Crippen LogP contribution < -0.4 is 5.32 Å². The maximum absolute atomic E-state index is 12.6. The summed E-state index contributed by atoms with van der Waals surface area (Å²) in [5, 5.41) is 11.7. The highest BCUT2D eigenvalue weighted by Crippen LogP contribution is 2.25. The summed E-state index contributed by atoms with van der Waals surface area (Å²) in [4.78, 5) is 49.6. The number of hydrogen-bond donors (Lipinski definition) is 2. The number of amides is 3. The van der Waals surface area contributed by atoms with E-state index in [1.807, 2.05) is 13.8 Å². The van der Waals surface area contributed by atoms with Gasteiger partial charge in [0.15, 0.2) is 0 Å². The first-order valence-corrected chi connectivity index (χ1v) is 9.38. The van der Waals surface area contributed by atoms with Gasteiger partial charge in [0.1, 0.15) is 0 Å². The SMILES string of the molecule is CC(C)CCN1C(=O)c2ccc(C(=O)NCc3ccc(C(=O)O)cc3)cc2C1=O. The molecule has 0 aromatic heterocycles. The second kappa shape index (κ2) is 8.26. The predicted octanol–water partition coefficient (Wildman–Crippen LogP) is 2.96. The molecule has 0 radical (unpaired) electrons. The first kappa shape index (κ1) is 20.3. The van der Waals surface area contributed by atoms with Gasteiger partial charge in [-0.25, -0.2) is 4.79 Å². The van der Waals surface area contributed by atoms with Crippen molar-refractivity contribution >= 4 is 23.7 Å². The van der Waals surface area contributed by atoms with E-state index in [1.165, 1.54) is 35.2 Å². The number of aromatic carboxylic acids is 1. The maximum Gasteiger partial charge on any atom is 0.335 e. The first-order valence-electron chi connectivity index (χ1n) is 9.38. The second-order valence-electron chi connectivity index (χ2n) is 7.39. The molecule has 0 spiro atoms. The number of hydrogen-bond acceptors (Lipinski definition) is 4. The Hall–Kier alpha value is -3.48. The number of carboxylic acid groups (broad SMARTS) is 1. The summed E-state index contributed by atoms with van der Waals surface area (Å²) in [5.74, 6) is -1.72. The summed E-state index contributed by atoms with van der Waals surface area (Å²) in [6, 6.07) is 10.7. The molecule has 0 bridgehead atoms. The van der Waals surface area contributed by atoms with Crippen LogP contribution in [0.1, 0.15) is 67.3 Å². The minimum Gasteiger partial charge on any atom is -0.478 e. The van der Waals surface area contributed by atoms with Crippen molar-refractivity contribution < 1.29 is 24.3 Å². The predicted molar refractivity (Wildman–Crippen MR) is 106 cm³/mol. The fourth-order valence-corrected chi connectivity index (χ4v) is 3.07. The Morgan fingerprint density at radius 3 is 2.21 bits per heavy atom. The van der Waals surface area contributed by atoms with E-state index in [0.29, 0.717) is 18.0 Å². The van der Waals surface area contributed by atoms with Gasteiger partial charge < -0.3 is 10.4 Å². The Kier molecular flexibility index (Phi) is 5.77. The molecule has 7 nitrogen and oxygen atoms in total. The normalized spacial score (nSPS) is 13.0. The van der Waals surface area contributed by atoms with Gasteiger partial charge in [-0.1, -0.05) is 26.0 Å². The van der Waals surface area contributed by atoms with Crippen LogP contribution in [0.2, 0.25) is 0 Å². The lowest BCUT2D eigenvalue weighted by atomic mass is 10.1. The lowest BCUT2D eigenvalue weighted by Crippen LogP contribution is -2.31. The lowest BCUT2D eigenvalue weighted by molar-refractivity contribution is 0.0644. The third-order valence-corrected chi connectivity index (χ3v) is 4.82. The molecule has 2 aromatic carbocycles. The highest BCUT2D eigenvalue weighted by atomic mass is 16.4. The molecule has 0 saturated heterocycles. The van der Waals surface area contributed by atoms with Gasteiger partial charge in [-0.15, -0.1) is 0 Å². The Morgan fingerprint density at radius 2 is 1.59 bits per heavy atom. The van der Waals surface area contributed by atoms with Crippen LogP contribution in [0.25, 0.3) is 0 Å². The van der Waals surface area contributed by atoms with Gasteiger partial charge in [-0.3, -0.25) is 19.3 Å². The van der Waals surface area contributed by atoms with E-state index in [0.717, 1.165) is 12.0 Å². The van der Waals surface area contributed by atoms with E-state index in [1.54, 1.807) is 12.1 Å². The van der Waals surface area contributed by atoms with E-state index in [2.05, 4.69) is 5.32 Å². The standard InChI is InChI=1S/C22H22N2O5/c1-13(2)9-10-24-20(26)17-8-7-16(11-18(17)21(24)27)19(25)23-12-14-3-5-15(6-4-14)22(28)29/h3-8,11,13H,9-10,12H2,1-2H3,(H,23,25)(H,28,29). The summed E-state index contributed by atoms with van der Waals surface area (Å²) in [6.07, 6.45) is 0.722. The Balaban J connectivity index is 1.68. The highest BCUT2D eigenvalue weighted by Gasteiger charge is 2.35. The number of carboxylic acids is 1. The number of nitrogens with one attached hydrogen (secondary N) is 1. The maximum atomic E-state index is 12.6. The molecule has 3 rings (SSSR count). The van der Waals surface area contributed by atoms with Crippen LogP contribution in [-0.4, -0.2) is 40.2 Å². The summed E-state index contributed by atoms with van der Waals surface area (Å²) in [7, 11) is 0. The van der Waals surface area contributed by atoms with Crippen molar-refractivity contribution in [3.63, 3.8) is 0 Å². The third kappa shape index (κ3) is 4.34. The minimum absolute atomic E-state index is 0.170. The lowest BCUT2D eigenvalue weighted by Gasteiger charge is -2.14. The zero-order chi connectivity index (χ0) is 21.1. The number of carbonyl (C=O) groups is 4. The summed E-state index contributed by atoms with van der Waals surface area (Å²) < 4.78 is 0. The van der Waals surface area contributed by atoms with Gasteiger partial charge in [0.05, 0.1) is 16.7 Å². The summed E-state index contributed by atoms with van der Waals surface area (Å²) >= 11 is 0. The molecule has 1 aliphatic rings. The second-order valence-corrected chi connectivity index (χ2v) is 7.39. The van der Waals surface area contributed by atoms with Crippen molar-refractivity contribution in [1.29, 1.82) is 0 Å². The molecule has 150 valence electrons. The van der Waals surface area contributed by atoms with Gasteiger partial charge in [0.2, 0.25) is 0 Å². The van der Waals surface area contributed by atoms with Gasteiger partial charge in [-0.05, 0) is 48.2 Å². The number of rotatable bonds is 7. The van der Waals surface area contributed by atoms with E-state index >= 15 is 0 Å². The van der Waals surface area contributed by atoms with Gasteiger partial charge >= 0.3 is 5.97 Å². The summed E-state index contributed by atoms with van der Waals surface area (Å²) in [5.41, 5.74) is 1.77. The largest absolute Gasteiger partial charge is 0.478 e. The molecule has 0 atom stereocenters. The van der Waals surface area contributed by atoms with Crippen molar-refractivity contribution in [3.05, 3.63) is 70.3 Å². The van der Waals surface area contributed by atoms with E-state index in [4.69, 9.17) is 5.11 Å². The summed E-state index contributed by atoms with van der Waals surface area (Å²) in [6.45, 7) is 4.62. The van der Waals surface area contributed by atoms with Crippen molar-refractivity contribution in [3.8, 4) is 0 Å². The van der Waals surface area contributed by atoms with Crippen LogP contribution in [0, 0.1) is 5.92 Å². The molecular weight excluding hydrogens is 372 g/mol. The molecule has 0 unspecified atom stereocenters. The molecule has 0 saturated carbocycles. The highest BCUT2D eigenvalue weighted by molar-refractivity contribution is 6.22. The molecule has 1 aliphatic heterocycles. The Morgan fingerprint density at radius 1 is 0.966 bits per heavy atom. The van der Waals surface area contributed by atoms with Crippen molar-refractivity contribution in [1.82, 2.24) is 10.2 Å². The van der Waals surface area contributed by atoms with Crippen molar-refractivity contribution in [2.24, 2.45) is 5.92 Å². The smallest absolute Gasteiger partial charge is 0.335 e. The quantitative estimate of drug-likeness (QED) is 0.703. The number of carbonyl (C=O) groups excluding carboxylic acids is 3. The van der Waals surface area contributed by atoms with Crippen LogP contribution in [0.4, 0.5) is 0 Å². The zero-order valence-corrected chi connectivity index (χ0v) is 16.3. The molecule has 3 amide bonds. The number of imide groups is 1. The monoisotopic (exact) mass is 394 g/mol. The number of benzene rings is 2. The van der Waals surface area contributed by atoms with E-state index in [-0.39, 0.29) is 41.0 Å². The van der Waals surface area contributed by atoms with Gasteiger partial charge in [0, 0.05) is 18.7 Å². The Labute approximate surface area is 168 Å².